The molecule has 0 amide bonds. The fourth-order valence-corrected chi connectivity index (χ4v) is 5.24. The molecule has 6 heteroatoms. The second-order valence-electron chi connectivity index (χ2n) is 6.79. The van der Waals surface area contributed by atoms with Gasteiger partial charge in [0.2, 0.25) is 0 Å². The van der Waals surface area contributed by atoms with Crippen LogP contribution in [0.25, 0.3) is 10.8 Å². The van der Waals surface area contributed by atoms with Gasteiger partial charge >= 0.3 is 0 Å². The molecule has 0 spiro atoms. The van der Waals surface area contributed by atoms with Crippen LogP contribution in [0.3, 0.4) is 0 Å². The van der Waals surface area contributed by atoms with E-state index in [1.165, 1.54) is 19.3 Å². The third-order valence-electron chi connectivity index (χ3n) is 4.95. The van der Waals surface area contributed by atoms with Gasteiger partial charge in [0.05, 0.1) is 4.90 Å². The smallest absolute Gasteiger partial charge is 0.262 e. The first-order chi connectivity index (χ1) is 13.0. The minimum atomic E-state index is -3.75. The molecule has 0 radical (unpaired) electrons. The summed E-state index contributed by atoms with van der Waals surface area (Å²) in [6, 6.07) is 18.1. The summed E-state index contributed by atoms with van der Waals surface area (Å²) in [5, 5.41) is 1.76. The first kappa shape index (κ1) is 18.1. The van der Waals surface area contributed by atoms with E-state index in [9.17, 15) is 8.42 Å². The van der Waals surface area contributed by atoms with E-state index in [0.29, 0.717) is 16.1 Å². The zero-order chi connectivity index (χ0) is 18.9. The quantitative estimate of drug-likeness (QED) is 0.647. The molecule has 1 fully saturated rings. The van der Waals surface area contributed by atoms with Crippen molar-refractivity contribution in [2.75, 3.05) is 22.7 Å². The van der Waals surface area contributed by atoms with Crippen LogP contribution in [0.4, 0.5) is 11.4 Å². The number of sulfonamides is 1. The second kappa shape index (κ2) is 7.41. The molecule has 140 valence electrons. The van der Waals surface area contributed by atoms with E-state index in [4.69, 9.17) is 11.6 Å². The molecular formula is C21H21ClN2O2S. The zero-order valence-electron chi connectivity index (χ0n) is 14.9. The van der Waals surface area contributed by atoms with Gasteiger partial charge in [0, 0.05) is 34.9 Å². The van der Waals surface area contributed by atoms with Crippen LogP contribution in [0.1, 0.15) is 19.3 Å². The van der Waals surface area contributed by atoms with E-state index >= 15 is 0 Å². The Kier molecular flexibility index (Phi) is 4.98. The van der Waals surface area contributed by atoms with E-state index in [1.54, 1.807) is 18.2 Å². The number of piperidine rings is 1. The average Bonchev–Trinajstić information content (AvgIpc) is 2.69. The molecule has 1 saturated heterocycles. The number of fused-ring (bicyclic) bond motifs is 1. The van der Waals surface area contributed by atoms with Gasteiger partial charge in [0.25, 0.3) is 10.0 Å². The number of anilines is 2. The lowest BCUT2D eigenvalue weighted by atomic mass is 10.1. The molecule has 1 aliphatic rings. The van der Waals surface area contributed by atoms with E-state index in [1.807, 2.05) is 42.5 Å². The number of benzene rings is 3. The lowest BCUT2D eigenvalue weighted by Crippen LogP contribution is -2.29. The molecule has 0 unspecified atom stereocenters. The molecule has 0 atom stereocenters. The zero-order valence-corrected chi connectivity index (χ0v) is 16.4. The monoisotopic (exact) mass is 400 g/mol. The van der Waals surface area contributed by atoms with Crippen LogP contribution in [0.2, 0.25) is 5.02 Å². The van der Waals surface area contributed by atoms with Gasteiger partial charge < -0.3 is 4.90 Å². The minimum absolute atomic E-state index is 0.186. The van der Waals surface area contributed by atoms with Gasteiger partial charge in [0.15, 0.2) is 0 Å². The molecule has 0 aromatic heterocycles. The molecule has 1 heterocycles. The van der Waals surface area contributed by atoms with Crippen LogP contribution < -0.4 is 9.62 Å². The van der Waals surface area contributed by atoms with Crippen molar-refractivity contribution in [2.45, 2.75) is 24.2 Å². The normalized spacial score (nSPS) is 15.1. The van der Waals surface area contributed by atoms with Gasteiger partial charge in [-0.05, 0) is 61.0 Å². The molecule has 27 heavy (non-hydrogen) atoms. The van der Waals surface area contributed by atoms with Crippen molar-refractivity contribution in [3.05, 3.63) is 65.7 Å². The minimum Gasteiger partial charge on any atom is -0.372 e. The third-order valence-corrected chi connectivity index (χ3v) is 6.68. The third kappa shape index (κ3) is 3.75. The van der Waals surface area contributed by atoms with Crippen molar-refractivity contribution in [2.24, 2.45) is 0 Å². The van der Waals surface area contributed by atoms with Gasteiger partial charge in [-0.1, -0.05) is 35.9 Å². The van der Waals surface area contributed by atoms with Crippen molar-refractivity contribution < 1.29 is 8.42 Å². The van der Waals surface area contributed by atoms with Crippen molar-refractivity contribution in [1.29, 1.82) is 0 Å². The van der Waals surface area contributed by atoms with Gasteiger partial charge in [-0.25, -0.2) is 8.42 Å². The van der Waals surface area contributed by atoms with Gasteiger partial charge in [-0.2, -0.15) is 0 Å². The van der Waals surface area contributed by atoms with Crippen LogP contribution in [-0.4, -0.2) is 21.5 Å². The van der Waals surface area contributed by atoms with Crippen molar-refractivity contribution >= 4 is 43.8 Å². The number of hydrogen-bond acceptors (Lipinski definition) is 3. The molecular weight excluding hydrogens is 380 g/mol. The molecule has 1 aliphatic heterocycles. The average molecular weight is 401 g/mol. The predicted molar refractivity (Wildman–Crippen MR) is 112 cm³/mol. The largest absolute Gasteiger partial charge is 0.372 e. The Morgan fingerprint density at radius 2 is 1.52 bits per heavy atom. The van der Waals surface area contributed by atoms with E-state index < -0.39 is 10.0 Å². The van der Waals surface area contributed by atoms with Gasteiger partial charge in [-0.15, -0.1) is 0 Å². The maximum atomic E-state index is 13.0. The van der Waals surface area contributed by atoms with E-state index in [2.05, 4.69) is 9.62 Å². The Hall–Kier alpha value is -2.24. The standard InChI is InChI=1S/C21H21ClN2O2S/c22-19-8-4-6-16-7-5-9-20(21(16)19)27(25,26)23-17-10-12-18(13-11-17)24-14-2-1-3-15-24/h4-13,23H,1-3,14-15H2. The molecule has 3 aromatic rings. The summed E-state index contributed by atoms with van der Waals surface area (Å²) in [7, 11) is -3.75. The highest BCUT2D eigenvalue weighted by atomic mass is 35.5. The number of halogens is 1. The summed E-state index contributed by atoms with van der Waals surface area (Å²) in [5.41, 5.74) is 1.67. The Labute approximate surface area is 164 Å². The molecule has 4 nitrogen and oxygen atoms in total. The number of rotatable bonds is 4. The van der Waals surface area contributed by atoms with Crippen LogP contribution in [0, 0.1) is 0 Å². The highest BCUT2D eigenvalue weighted by Gasteiger charge is 2.19. The second-order valence-corrected chi connectivity index (χ2v) is 8.85. The molecule has 1 N–H and O–H groups in total. The molecule has 3 aromatic carbocycles. The first-order valence-corrected chi connectivity index (χ1v) is 11.0. The predicted octanol–water partition coefficient (Wildman–Crippen LogP) is 5.28. The van der Waals surface area contributed by atoms with Crippen molar-refractivity contribution in [3.63, 3.8) is 0 Å². The lowest BCUT2D eigenvalue weighted by molar-refractivity contribution is 0.578. The lowest BCUT2D eigenvalue weighted by Gasteiger charge is -2.28. The number of nitrogens with one attached hydrogen (secondary N) is 1. The summed E-state index contributed by atoms with van der Waals surface area (Å²) in [4.78, 5) is 2.53. The van der Waals surface area contributed by atoms with Gasteiger partial charge in [-0.3, -0.25) is 4.72 Å². The summed E-state index contributed by atoms with van der Waals surface area (Å²) >= 11 is 6.28. The van der Waals surface area contributed by atoms with Crippen LogP contribution in [0.5, 0.6) is 0 Å². The Balaban J connectivity index is 1.62. The SMILES string of the molecule is O=S(=O)(Nc1ccc(N2CCCCC2)cc1)c1cccc2cccc(Cl)c12. The fraction of sp³-hybridized carbons (Fsp3) is 0.238. The maximum absolute atomic E-state index is 13.0. The summed E-state index contributed by atoms with van der Waals surface area (Å²) in [6.45, 7) is 2.11. The number of hydrogen-bond donors (Lipinski definition) is 1. The molecule has 0 bridgehead atoms. The highest BCUT2D eigenvalue weighted by molar-refractivity contribution is 7.93. The molecule has 0 aliphatic carbocycles. The maximum Gasteiger partial charge on any atom is 0.262 e. The summed E-state index contributed by atoms with van der Waals surface area (Å²) < 4.78 is 28.6. The summed E-state index contributed by atoms with van der Waals surface area (Å²) in [5.74, 6) is 0. The van der Waals surface area contributed by atoms with Gasteiger partial charge in [0.1, 0.15) is 0 Å². The summed E-state index contributed by atoms with van der Waals surface area (Å²) in [6.07, 6.45) is 3.69. The van der Waals surface area contributed by atoms with Crippen molar-refractivity contribution in [1.82, 2.24) is 0 Å². The van der Waals surface area contributed by atoms with E-state index in [0.717, 1.165) is 24.2 Å². The van der Waals surface area contributed by atoms with Crippen LogP contribution in [0.15, 0.2) is 65.6 Å². The topological polar surface area (TPSA) is 49.4 Å². The highest BCUT2D eigenvalue weighted by Crippen LogP contribution is 2.31. The van der Waals surface area contributed by atoms with E-state index in [-0.39, 0.29) is 4.90 Å². The van der Waals surface area contributed by atoms with Crippen LogP contribution >= 0.6 is 11.6 Å². The Morgan fingerprint density at radius 1 is 0.852 bits per heavy atom. The molecule has 4 rings (SSSR count). The number of nitrogens with zero attached hydrogens (tertiary/aromatic N) is 1. The fourth-order valence-electron chi connectivity index (χ4n) is 3.59. The molecule has 0 saturated carbocycles. The van der Waals surface area contributed by atoms with Crippen LogP contribution in [-0.2, 0) is 10.0 Å². The Bertz CT molecular complexity index is 1050. The Morgan fingerprint density at radius 3 is 2.22 bits per heavy atom. The first-order valence-electron chi connectivity index (χ1n) is 9.10. The van der Waals surface area contributed by atoms with Crippen molar-refractivity contribution in [3.8, 4) is 0 Å².